The molecule has 3 N–H and O–H groups in total. The fourth-order valence-electron chi connectivity index (χ4n) is 3.26. The van der Waals surface area contributed by atoms with Crippen molar-refractivity contribution in [2.75, 3.05) is 6.54 Å². The third-order valence-corrected chi connectivity index (χ3v) is 7.62. The number of aliphatic hydroxyl groups is 1. The molecule has 0 radical (unpaired) electrons. The molecule has 1 amide bonds. The number of nitrogens with zero attached hydrogens (tertiary/aromatic N) is 3. The predicted molar refractivity (Wildman–Crippen MR) is 138 cm³/mol. The number of hydrogen-bond donors (Lipinski definition) is 3. The third kappa shape index (κ3) is 7.07. The summed E-state index contributed by atoms with van der Waals surface area (Å²) in [5.74, 6) is 0. The van der Waals surface area contributed by atoms with Gasteiger partial charge in [0.1, 0.15) is 6.10 Å². The Morgan fingerprint density at radius 2 is 1.89 bits per heavy atom. The molecule has 0 saturated carbocycles. The Kier molecular flexibility index (Phi) is 8.84. The van der Waals surface area contributed by atoms with Crippen molar-refractivity contribution < 1.29 is 23.1 Å². The number of sulfonamides is 1. The van der Waals surface area contributed by atoms with E-state index in [0.717, 1.165) is 5.52 Å². The number of nitrogens with one attached hydrogen (secondary N) is 2. The number of carbonyl (C=O) groups is 1. The average Bonchev–Trinajstić information content (AvgIpc) is 3.18. The first-order valence-corrected chi connectivity index (χ1v) is 13.4. The van der Waals surface area contributed by atoms with E-state index in [1.807, 2.05) is 25.3 Å². The van der Waals surface area contributed by atoms with Gasteiger partial charge in [0.15, 0.2) is 5.03 Å². The summed E-state index contributed by atoms with van der Waals surface area (Å²) in [6.07, 6.45) is 0.439. The number of carbonyl (C=O) groups excluding carboxylic acids is 1. The summed E-state index contributed by atoms with van der Waals surface area (Å²) in [5, 5.41) is 13.6. The number of imidazole rings is 1. The number of aromatic nitrogens is 3. The van der Waals surface area contributed by atoms with Crippen LogP contribution in [0.2, 0.25) is 10.0 Å². The maximum Gasteiger partial charge on any atom is 0.407 e. The van der Waals surface area contributed by atoms with E-state index in [-0.39, 0.29) is 11.6 Å². The molecular formula is C23H29Cl2N5O5S. The summed E-state index contributed by atoms with van der Waals surface area (Å²) in [6.45, 7) is 7.30. The summed E-state index contributed by atoms with van der Waals surface area (Å²) in [6, 6.07) is 7.04. The van der Waals surface area contributed by atoms with Crippen molar-refractivity contribution in [3.8, 4) is 0 Å². The van der Waals surface area contributed by atoms with Crippen molar-refractivity contribution in [1.29, 1.82) is 0 Å². The fourth-order valence-corrected chi connectivity index (χ4v) is 4.57. The molecule has 3 rings (SSSR count). The number of amides is 1. The normalized spacial score (nSPS) is 14.9. The van der Waals surface area contributed by atoms with Crippen LogP contribution in [0.25, 0.3) is 11.0 Å². The lowest BCUT2D eigenvalue weighted by Crippen LogP contribution is -2.48. The van der Waals surface area contributed by atoms with Crippen LogP contribution in [0.5, 0.6) is 0 Å². The van der Waals surface area contributed by atoms with E-state index >= 15 is 0 Å². The van der Waals surface area contributed by atoms with Crippen LogP contribution in [0, 0.1) is 5.41 Å². The minimum absolute atomic E-state index is 0.166. The minimum atomic E-state index is -3.90. The topological polar surface area (TPSA) is 135 Å². The predicted octanol–water partition coefficient (Wildman–Crippen LogP) is 3.61. The Balaban J connectivity index is 1.62. The van der Waals surface area contributed by atoms with Crippen molar-refractivity contribution in [2.24, 2.45) is 5.41 Å². The zero-order valence-electron chi connectivity index (χ0n) is 20.3. The Morgan fingerprint density at radius 3 is 2.53 bits per heavy atom. The van der Waals surface area contributed by atoms with Crippen molar-refractivity contribution in [3.05, 3.63) is 52.9 Å². The average molecular weight is 558 g/mol. The number of hydrogen-bond acceptors (Lipinski definition) is 7. The van der Waals surface area contributed by atoms with E-state index in [1.165, 1.54) is 12.3 Å². The van der Waals surface area contributed by atoms with Crippen molar-refractivity contribution in [1.82, 2.24) is 24.6 Å². The van der Waals surface area contributed by atoms with Crippen molar-refractivity contribution in [3.63, 3.8) is 0 Å². The lowest BCUT2D eigenvalue weighted by molar-refractivity contribution is 0.0163. The summed E-state index contributed by atoms with van der Waals surface area (Å²) >= 11 is 12.2. The zero-order chi connectivity index (χ0) is 26.7. The van der Waals surface area contributed by atoms with E-state index in [4.69, 9.17) is 27.9 Å². The minimum Gasteiger partial charge on any atom is -0.444 e. The van der Waals surface area contributed by atoms with Gasteiger partial charge in [-0.25, -0.2) is 27.9 Å². The SMILES string of the molecule is C[C@H](NC(=O)O[C@H](Cn1cnc2cc(Cl)c(Cl)cc21)C(C)(C)C)[C@H](O)CNS(=O)(=O)c1ccccn1. The van der Waals surface area contributed by atoms with E-state index in [0.29, 0.717) is 22.1 Å². The van der Waals surface area contributed by atoms with Gasteiger partial charge in [-0.3, -0.25) is 0 Å². The maximum absolute atomic E-state index is 12.7. The van der Waals surface area contributed by atoms with Gasteiger partial charge in [0.2, 0.25) is 0 Å². The molecule has 3 atom stereocenters. The smallest absolute Gasteiger partial charge is 0.407 e. The van der Waals surface area contributed by atoms with Crippen LogP contribution >= 0.6 is 23.2 Å². The van der Waals surface area contributed by atoms with Crippen LogP contribution in [-0.2, 0) is 21.3 Å². The number of alkyl carbamates (subject to hydrolysis) is 1. The van der Waals surface area contributed by atoms with Crippen LogP contribution in [0.15, 0.2) is 47.9 Å². The van der Waals surface area contributed by atoms with Crippen LogP contribution in [0.3, 0.4) is 0 Å². The molecule has 1 aromatic carbocycles. The second-order valence-electron chi connectivity index (χ2n) is 9.43. The highest BCUT2D eigenvalue weighted by Crippen LogP contribution is 2.29. The molecule has 196 valence electrons. The molecule has 36 heavy (non-hydrogen) atoms. The third-order valence-electron chi connectivity index (χ3n) is 5.56. The lowest BCUT2D eigenvalue weighted by atomic mass is 9.89. The highest BCUT2D eigenvalue weighted by Gasteiger charge is 2.30. The molecule has 3 aromatic rings. The van der Waals surface area contributed by atoms with E-state index in [2.05, 4.69) is 20.0 Å². The Morgan fingerprint density at radius 1 is 1.19 bits per heavy atom. The maximum atomic E-state index is 12.7. The molecule has 0 aliphatic heterocycles. The molecular weight excluding hydrogens is 529 g/mol. The Labute approximate surface area is 220 Å². The van der Waals surface area contributed by atoms with Crippen molar-refractivity contribution >= 4 is 50.4 Å². The van der Waals surface area contributed by atoms with Gasteiger partial charge in [0.25, 0.3) is 10.0 Å². The molecule has 0 spiro atoms. The first-order chi connectivity index (χ1) is 16.8. The van der Waals surface area contributed by atoms with Crippen LogP contribution in [0.4, 0.5) is 4.79 Å². The van der Waals surface area contributed by atoms with Gasteiger partial charge in [-0.2, -0.15) is 0 Å². The number of benzene rings is 1. The second kappa shape index (κ2) is 11.3. The molecule has 0 bridgehead atoms. The number of fused-ring (bicyclic) bond motifs is 1. The fraction of sp³-hybridized carbons (Fsp3) is 0.435. The van der Waals surface area contributed by atoms with Gasteiger partial charge >= 0.3 is 6.09 Å². The summed E-state index contributed by atoms with van der Waals surface area (Å²) < 4.78 is 34.4. The van der Waals surface area contributed by atoms with Gasteiger partial charge in [-0.15, -0.1) is 0 Å². The highest BCUT2D eigenvalue weighted by atomic mass is 35.5. The highest BCUT2D eigenvalue weighted by molar-refractivity contribution is 7.89. The summed E-state index contributed by atoms with van der Waals surface area (Å²) in [5.41, 5.74) is 0.961. The number of aliphatic hydroxyl groups excluding tert-OH is 1. The lowest BCUT2D eigenvalue weighted by Gasteiger charge is -2.31. The van der Waals surface area contributed by atoms with Gasteiger partial charge in [-0.1, -0.05) is 50.0 Å². The molecule has 13 heteroatoms. The second-order valence-corrected chi connectivity index (χ2v) is 12.0. The Bertz CT molecular complexity index is 1310. The van der Waals surface area contributed by atoms with Gasteiger partial charge in [-0.05, 0) is 31.2 Å². The molecule has 0 aliphatic rings. The first-order valence-electron chi connectivity index (χ1n) is 11.1. The molecule has 2 aromatic heterocycles. The molecule has 10 nitrogen and oxygen atoms in total. The molecule has 0 saturated heterocycles. The van der Waals surface area contributed by atoms with E-state index < -0.39 is 39.8 Å². The Hall–Kier alpha value is -2.44. The van der Waals surface area contributed by atoms with Gasteiger partial charge in [0.05, 0.1) is 46.1 Å². The number of halogens is 2. The summed E-state index contributed by atoms with van der Waals surface area (Å²) in [4.78, 5) is 20.8. The van der Waals surface area contributed by atoms with Crippen LogP contribution in [-0.4, -0.2) is 58.9 Å². The van der Waals surface area contributed by atoms with Crippen LogP contribution < -0.4 is 10.0 Å². The number of pyridine rings is 1. The van der Waals surface area contributed by atoms with Crippen molar-refractivity contribution in [2.45, 2.75) is 57.5 Å². The first kappa shape index (κ1) is 28.1. The summed E-state index contributed by atoms with van der Waals surface area (Å²) in [7, 11) is -3.90. The molecule has 0 fully saturated rings. The molecule has 0 aliphatic carbocycles. The van der Waals surface area contributed by atoms with Gasteiger partial charge in [0, 0.05) is 18.2 Å². The van der Waals surface area contributed by atoms with Gasteiger partial charge < -0.3 is 19.7 Å². The largest absolute Gasteiger partial charge is 0.444 e. The van der Waals surface area contributed by atoms with E-state index in [9.17, 15) is 18.3 Å². The zero-order valence-corrected chi connectivity index (χ0v) is 22.6. The number of ether oxygens (including phenoxy) is 1. The number of rotatable bonds is 9. The standard InChI is InChI=1S/C23H29Cl2N5O5S/c1-14(19(31)11-28-36(33,34)21-7-5-6-8-26-21)29-22(32)35-20(23(2,3)4)12-30-13-27-17-9-15(24)16(25)10-18(17)30/h5-10,13-14,19-20,28,31H,11-12H2,1-4H3,(H,29,32)/t14-,19+,20+/m0/s1. The molecule has 2 heterocycles. The van der Waals surface area contributed by atoms with E-state index in [1.54, 1.807) is 37.5 Å². The van der Waals surface area contributed by atoms with Crippen LogP contribution in [0.1, 0.15) is 27.7 Å². The quantitative estimate of drug-likeness (QED) is 0.365. The molecule has 0 unspecified atom stereocenters. The monoisotopic (exact) mass is 557 g/mol.